The fourth-order valence-corrected chi connectivity index (χ4v) is 5.33. The second-order valence-corrected chi connectivity index (χ2v) is 10.3. The lowest BCUT2D eigenvalue weighted by atomic mass is 10.1. The summed E-state index contributed by atoms with van der Waals surface area (Å²) in [6.07, 6.45) is 5.59. The van der Waals surface area contributed by atoms with E-state index in [1.807, 2.05) is 37.3 Å². The van der Waals surface area contributed by atoms with E-state index >= 15 is 0 Å². The molecule has 0 radical (unpaired) electrons. The van der Waals surface area contributed by atoms with E-state index in [1.54, 1.807) is 0 Å². The molecule has 7 nitrogen and oxygen atoms in total. The first-order chi connectivity index (χ1) is 17.3. The molecule has 0 spiro atoms. The number of aryl methyl sites for hydroxylation is 1. The van der Waals surface area contributed by atoms with Crippen LogP contribution in [0.25, 0.3) is 11.1 Å². The van der Waals surface area contributed by atoms with Crippen LogP contribution < -0.4 is 5.56 Å². The maximum Gasteiger partial charge on any atom is 0.277 e. The highest BCUT2D eigenvalue weighted by Gasteiger charge is 2.29. The molecule has 36 heavy (non-hydrogen) atoms. The van der Waals surface area contributed by atoms with Crippen molar-refractivity contribution in [3.8, 4) is 17.0 Å². The van der Waals surface area contributed by atoms with Gasteiger partial charge in [-0.05, 0) is 35.7 Å². The number of aromatic hydroxyl groups is 1. The van der Waals surface area contributed by atoms with Gasteiger partial charge >= 0.3 is 0 Å². The van der Waals surface area contributed by atoms with E-state index in [4.69, 9.17) is 0 Å². The Morgan fingerprint density at radius 2 is 1.69 bits per heavy atom. The number of benzene rings is 2. The molecule has 186 valence electrons. The third kappa shape index (κ3) is 5.36. The summed E-state index contributed by atoms with van der Waals surface area (Å²) < 4.78 is 41.8. The van der Waals surface area contributed by atoms with Crippen LogP contribution in [0, 0.1) is 5.82 Å². The molecule has 4 rings (SSSR count). The van der Waals surface area contributed by atoms with Gasteiger partial charge in [0.15, 0.2) is 4.90 Å². The largest absolute Gasteiger partial charge is 0.492 e. The summed E-state index contributed by atoms with van der Waals surface area (Å²) in [4.78, 5) is 20.5. The smallest absolute Gasteiger partial charge is 0.277 e. The topological polar surface area (TPSA) is 102 Å². The summed E-state index contributed by atoms with van der Waals surface area (Å²) in [5, 5.41) is 10.6. The minimum absolute atomic E-state index is 0.127. The lowest BCUT2D eigenvalue weighted by molar-refractivity contribution is 0.419. The monoisotopic (exact) mass is 507 g/mol. The van der Waals surface area contributed by atoms with Crippen molar-refractivity contribution in [2.75, 3.05) is 0 Å². The Morgan fingerprint density at radius 1 is 0.972 bits per heavy atom. The zero-order chi connectivity index (χ0) is 25.7. The number of aromatic nitrogens is 3. The molecule has 0 atom stereocenters. The van der Waals surface area contributed by atoms with E-state index in [0.29, 0.717) is 23.4 Å². The standard InChI is InChI=1S/C27H26FN3O4S/c1-2-3-5-10-24-30-26(32)25(27(33)31(24)18-19-8-6-4-7-9-19)36(34,35)23-13-11-20(12-14-23)21-15-22(28)17-29-16-21/h4,6-9,11-17,32H,2-3,5,10,18H2,1H3. The van der Waals surface area contributed by atoms with Crippen LogP contribution in [0.2, 0.25) is 0 Å². The number of pyridine rings is 1. The molecule has 2 aromatic heterocycles. The number of rotatable bonds is 9. The molecular formula is C27H26FN3O4S. The molecule has 0 bridgehead atoms. The molecule has 0 saturated carbocycles. The summed E-state index contributed by atoms with van der Waals surface area (Å²) in [5.74, 6) is -0.991. The highest BCUT2D eigenvalue weighted by Crippen LogP contribution is 2.27. The van der Waals surface area contributed by atoms with Gasteiger partial charge in [0.05, 0.1) is 17.6 Å². The maximum atomic E-state index is 13.5. The van der Waals surface area contributed by atoms with Gasteiger partial charge in [-0.15, -0.1) is 0 Å². The fraction of sp³-hybridized carbons (Fsp3) is 0.222. The van der Waals surface area contributed by atoms with Crippen LogP contribution in [0.4, 0.5) is 4.39 Å². The molecule has 2 aromatic carbocycles. The molecule has 4 aromatic rings. The molecule has 0 amide bonds. The van der Waals surface area contributed by atoms with Gasteiger partial charge in [-0.2, -0.15) is 4.98 Å². The quantitative estimate of drug-likeness (QED) is 0.328. The Labute approximate surface area is 208 Å². The minimum Gasteiger partial charge on any atom is -0.492 e. The van der Waals surface area contributed by atoms with Crippen molar-refractivity contribution in [3.63, 3.8) is 0 Å². The predicted molar refractivity (Wildman–Crippen MR) is 134 cm³/mol. The van der Waals surface area contributed by atoms with Crippen molar-refractivity contribution in [1.82, 2.24) is 14.5 Å². The molecule has 0 aliphatic rings. The summed E-state index contributed by atoms with van der Waals surface area (Å²) in [7, 11) is -4.40. The molecular weight excluding hydrogens is 481 g/mol. The molecule has 0 saturated heterocycles. The molecule has 1 N–H and O–H groups in total. The molecule has 0 aliphatic heterocycles. The summed E-state index contributed by atoms with van der Waals surface area (Å²) in [6, 6.07) is 16.1. The minimum atomic E-state index is -4.40. The van der Waals surface area contributed by atoms with Crippen LogP contribution in [-0.4, -0.2) is 28.1 Å². The van der Waals surface area contributed by atoms with E-state index in [-0.39, 0.29) is 11.4 Å². The van der Waals surface area contributed by atoms with E-state index in [2.05, 4.69) is 9.97 Å². The lowest BCUT2D eigenvalue weighted by Gasteiger charge is -2.15. The Bertz CT molecular complexity index is 1520. The first kappa shape index (κ1) is 25.2. The Kier molecular flexibility index (Phi) is 7.59. The summed E-state index contributed by atoms with van der Waals surface area (Å²) in [5.41, 5.74) is 1.01. The zero-order valence-electron chi connectivity index (χ0n) is 19.8. The Balaban J connectivity index is 1.77. The van der Waals surface area contributed by atoms with Crippen LogP contribution in [0.15, 0.2) is 87.6 Å². The fourth-order valence-electron chi connectivity index (χ4n) is 3.97. The Morgan fingerprint density at radius 3 is 2.36 bits per heavy atom. The second-order valence-electron chi connectivity index (χ2n) is 8.43. The van der Waals surface area contributed by atoms with Gasteiger partial charge in [-0.25, -0.2) is 12.8 Å². The number of halogens is 1. The third-order valence-electron chi connectivity index (χ3n) is 5.85. The van der Waals surface area contributed by atoms with Crippen molar-refractivity contribution in [3.05, 3.63) is 101 Å². The van der Waals surface area contributed by atoms with Gasteiger partial charge in [0.25, 0.3) is 5.56 Å². The van der Waals surface area contributed by atoms with Gasteiger partial charge in [0, 0.05) is 18.2 Å². The van der Waals surface area contributed by atoms with Crippen LogP contribution >= 0.6 is 0 Å². The number of nitrogens with zero attached hydrogens (tertiary/aromatic N) is 3. The zero-order valence-corrected chi connectivity index (χ0v) is 20.6. The van der Waals surface area contributed by atoms with Gasteiger partial charge in [-0.1, -0.05) is 62.2 Å². The van der Waals surface area contributed by atoms with Crippen LogP contribution in [0.1, 0.15) is 37.6 Å². The van der Waals surface area contributed by atoms with E-state index in [9.17, 15) is 22.7 Å². The lowest BCUT2D eigenvalue weighted by Crippen LogP contribution is -2.30. The average molecular weight is 508 g/mol. The van der Waals surface area contributed by atoms with Crippen molar-refractivity contribution < 1.29 is 17.9 Å². The van der Waals surface area contributed by atoms with Crippen molar-refractivity contribution in [2.24, 2.45) is 0 Å². The number of hydrogen-bond acceptors (Lipinski definition) is 6. The Hall–Kier alpha value is -3.85. The van der Waals surface area contributed by atoms with Gasteiger partial charge in [0.1, 0.15) is 11.6 Å². The van der Waals surface area contributed by atoms with Crippen LogP contribution in [0.5, 0.6) is 5.88 Å². The third-order valence-corrected chi connectivity index (χ3v) is 7.64. The summed E-state index contributed by atoms with van der Waals surface area (Å²) >= 11 is 0. The number of hydrogen-bond donors (Lipinski definition) is 1. The molecule has 0 aliphatic carbocycles. The van der Waals surface area contributed by atoms with E-state index in [0.717, 1.165) is 31.0 Å². The second kappa shape index (κ2) is 10.8. The van der Waals surface area contributed by atoms with E-state index < -0.39 is 32.0 Å². The van der Waals surface area contributed by atoms with Gasteiger partial charge in [-0.3, -0.25) is 14.3 Å². The summed E-state index contributed by atoms with van der Waals surface area (Å²) in [6.45, 7) is 2.18. The molecule has 2 heterocycles. The average Bonchev–Trinajstić information content (AvgIpc) is 2.87. The predicted octanol–water partition coefficient (Wildman–Crippen LogP) is 4.76. The maximum absolute atomic E-state index is 13.5. The van der Waals surface area contributed by atoms with Gasteiger partial charge < -0.3 is 5.11 Å². The number of sulfone groups is 1. The SMILES string of the molecule is CCCCCc1nc(O)c(S(=O)(=O)c2ccc(-c3cncc(F)c3)cc2)c(=O)n1Cc1ccccc1. The first-order valence-electron chi connectivity index (χ1n) is 11.6. The van der Waals surface area contributed by atoms with Gasteiger partial charge in [0.2, 0.25) is 15.7 Å². The van der Waals surface area contributed by atoms with Crippen LogP contribution in [-0.2, 0) is 22.8 Å². The van der Waals surface area contributed by atoms with Crippen LogP contribution in [0.3, 0.4) is 0 Å². The van der Waals surface area contributed by atoms with E-state index in [1.165, 1.54) is 41.1 Å². The highest BCUT2D eigenvalue weighted by atomic mass is 32.2. The highest BCUT2D eigenvalue weighted by molar-refractivity contribution is 7.91. The molecule has 9 heteroatoms. The van der Waals surface area contributed by atoms with Crippen molar-refractivity contribution >= 4 is 9.84 Å². The van der Waals surface area contributed by atoms with Crippen molar-refractivity contribution in [1.29, 1.82) is 0 Å². The normalized spacial score (nSPS) is 11.5. The molecule has 0 unspecified atom stereocenters. The molecule has 0 fully saturated rings. The first-order valence-corrected chi connectivity index (χ1v) is 13.1. The number of unbranched alkanes of at least 4 members (excludes halogenated alkanes) is 2. The van der Waals surface area contributed by atoms with Crippen molar-refractivity contribution in [2.45, 2.75) is 48.9 Å².